The number of para-hydroxylation sites is 1. The molecular weight excluding hydrogens is 378 g/mol. The number of nitrogens with zero attached hydrogens (tertiary/aromatic N) is 3. The van der Waals surface area contributed by atoms with Crippen molar-refractivity contribution < 1.29 is 14.0 Å². The number of aromatic hydroxyl groups is 1. The molecule has 2 aromatic heterocycles. The zero-order valence-corrected chi connectivity index (χ0v) is 15.7. The molecule has 28 heavy (non-hydrogen) atoms. The van der Waals surface area contributed by atoms with Crippen molar-refractivity contribution in [1.82, 2.24) is 15.0 Å². The molecule has 0 aliphatic carbocycles. The third kappa shape index (κ3) is 4.42. The van der Waals surface area contributed by atoms with Gasteiger partial charge in [-0.15, -0.1) is 0 Å². The lowest BCUT2D eigenvalue weighted by Crippen LogP contribution is -2.22. The summed E-state index contributed by atoms with van der Waals surface area (Å²) >= 11 is 5.93. The van der Waals surface area contributed by atoms with Crippen molar-refractivity contribution >= 4 is 11.6 Å². The smallest absolute Gasteiger partial charge is 0.241 e. The minimum absolute atomic E-state index is 0.249. The van der Waals surface area contributed by atoms with Gasteiger partial charge in [0.25, 0.3) is 0 Å². The second-order valence-corrected chi connectivity index (χ2v) is 6.81. The monoisotopic (exact) mass is 395 g/mol. The lowest BCUT2D eigenvalue weighted by molar-refractivity contribution is 0.195. The fourth-order valence-corrected chi connectivity index (χ4v) is 3.03. The summed E-state index contributed by atoms with van der Waals surface area (Å²) in [5.74, 6) is 2.05. The van der Waals surface area contributed by atoms with E-state index in [0.717, 1.165) is 16.9 Å². The predicted octanol–water partition coefficient (Wildman–Crippen LogP) is 4.89. The number of furan rings is 1. The Labute approximate surface area is 167 Å². The number of hydrogen-bond donors (Lipinski definition) is 1. The van der Waals surface area contributed by atoms with Gasteiger partial charge in [0.2, 0.25) is 11.7 Å². The number of phenols is 1. The third-order valence-electron chi connectivity index (χ3n) is 4.27. The van der Waals surface area contributed by atoms with E-state index in [4.69, 9.17) is 20.5 Å². The Balaban J connectivity index is 1.53. The van der Waals surface area contributed by atoms with Crippen LogP contribution in [0.25, 0.3) is 11.4 Å². The molecule has 0 saturated heterocycles. The van der Waals surface area contributed by atoms with E-state index in [1.165, 1.54) is 0 Å². The second kappa shape index (κ2) is 8.29. The highest BCUT2D eigenvalue weighted by atomic mass is 35.5. The molecule has 4 rings (SSSR count). The minimum atomic E-state index is 0.249. The highest BCUT2D eigenvalue weighted by molar-refractivity contribution is 6.30. The van der Waals surface area contributed by atoms with Crippen LogP contribution in [-0.4, -0.2) is 20.1 Å². The first-order valence-corrected chi connectivity index (χ1v) is 9.15. The summed E-state index contributed by atoms with van der Waals surface area (Å²) in [5, 5.41) is 14.8. The molecule has 2 aromatic carbocycles. The highest BCUT2D eigenvalue weighted by Gasteiger charge is 2.16. The molecule has 0 aliphatic rings. The molecule has 0 amide bonds. The van der Waals surface area contributed by atoms with Crippen LogP contribution >= 0.6 is 11.6 Å². The summed E-state index contributed by atoms with van der Waals surface area (Å²) in [6, 6.07) is 18.3. The van der Waals surface area contributed by atoms with Gasteiger partial charge < -0.3 is 14.0 Å². The Kier molecular flexibility index (Phi) is 5.41. The molecule has 0 saturated carbocycles. The number of benzene rings is 2. The van der Waals surface area contributed by atoms with Crippen LogP contribution in [0.4, 0.5) is 0 Å². The largest absolute Gasteiger partial charge is 0.508 e. The molecule has 2 heterocycles. The maximum atomic E-state index is 10.1. The number of hydrogen-bond acceptors (Lipinski definition) is 6. The van der Waals surface area contributed by atoms with Crippen LogP contribution in [0.3, 0.4) is 0 Å². The molecule has 6 nitrogen and oxygen atoms in total. The average Bonchev–Trinajstić information content (AvgIpc) is 3.36. The third-order valence-corrected chi connectivity index (χ3v) is 4.53. The van der Waals surface area contributed by atoms with Crippen molar-refractivity contribution in [3.8, 4) is 17.1 Å². The molecule has 0 radical (unpaired) electrons. The summed E-state index contributed by atoms with van der Waals surface area (Å²) in [6.45, 7) is 1.46. The molecular formula is C21H18ClN3O3. The Hall–Kier alpha value is -3.09. The molecule has 0 fully saturated rings. The van der Waals surface area contributed by atoms with Crippen LogP contribution in [0.1, 0.15) is 17.2 Å². The number of aromatic nitrogens is 2. The molecule has 4 aromatic rings. The zero-order valence-electron chi connectivity index (χ0n) is 15.0. The van der Waals surface area contributed by atoms with E-state index in [1.54, 1.807) is 30.5 Å². The van der Waals surface area contributed by atoms with E-state index in [9.17, 15) is 5.11 Å². The Morgan fingerprint density at radius 1 is 0.929 bits per heavy atom. The Morgan fingerprint density at radius 2 is 1.75 bits per heavy atom. The summed E-state index contributed by atoms with van der Waals surface area (Å²) in [7, 11) is 0. The van der Waals surface area contributed by atoms with Gasteiger partial charge in [-0.25, -0.2) is 0 Å². The summed E-state index contributed by atoms with van der Waals surface area (Å²) < 4.78 is 10.9. The Morgan fingerprint density at radius 3 is 2.50 bits per heavy atom. The maximum Gasteiger partial charge on any atom is 0.241 e. The highest BCUT2D eigenvalue weighted by Crippen LogP contribution is 2.22. The van der Waals surface area contributed by atoms with E-state index in [1.807, 2.05) is 36.4 Å². The van der Waals surface area contributed by atoms with Crippen molar-refractivity contribution in [3.05, 3.63) is 89.2 Å². The zero-order chi connectivity index (χ0) is 19.3. The average molecular weight is 396 g/mol. The van der Waals surface area contributed by atoms with E-state index >= 15 is 0 Å². The van der Waals surface area contributed by atoms with Crippen LogP contribution in [0, 0.1) is 0 Å². The lowest BCUT2D eigenvalue weighted by Gasteiger charge is -2.19. The van der Waals surface area contributed by atoms with Gasteiger partial charge in [-0.3, -0.25) is 4.90 Å². The number of halogens is 1. The van der Waals surface area contributed by atoms with E-state index < -0.39 is 0 Å². The molecule has 0 atom stereocenters. The summed E-state index contributed by atoms with van der Waals surface area (Å²) in [4.78, 5) is 6.55. The minimum Gasteiger partial charge on any atom is -0.508 e. The van der Waals surface area contributed by atoms with E-state index in [0.29, 0.717) is 36.4 Å². The van der Waals surface area contributed by atoms with Crippen LogP contribution in [0.2, 0.25) is 5.02 Å². The first-order chi connectivity index (χ1) is 13.7. The van der Waals surface area contributed by atoms with Crippen LogP contribution in [0.15, 0.2) is 75.9 Å². The second-order valence-electron chi connectivity index (χ2n) is 6.37. The van der Waals surface area contributed by atoms with Gasteiger partial charge in [0.15, 0.2) is 0 Å². The van der Waals surface area contributed by atoms with Gasteiger partial charge in [-0.2, -0.15) is 4.98 Å². The molecule has 0 bridgehead atoms. The van der Waals surface area contributed by atoms with Gasteiger partial charge in [0, 0.05) is 22.7 Å². The first-order valence-electron chi connectivity index (χ1n) is 8.77. The molecule has 0 aliphatic heterocycles. The first kappa shape index (κ1) is 18.3. The fraction of sp³-hybridized carbons (Fsp3) is 0.143. The van der Waals surface area contributed by atoms with Gasteiger partial charge in [-0.1, -0.05) is 35.0 Å². The number of rotatable bonds is 7. The SMILES string of the molecule is Oc1ccccc1CN(Cc1ccco1)Cc1nc(-c2ccc(Cl)cc2)no1. The summed E-state index contributed by atoms with van der Waals surface area (Å²) in [6.07, 6.45) is 1.64. The van der Waals surface area contributed by atoms with Crippen LogP contribution in [-0.2, 0) is 19.6 Å². The van der Waals surface area contributed by atoms with Crippen molar-refractivity contribution in [2.24, 2.45) is 0 Å². The van der Waals surface area contributed by atoms with E-state index in [2.05, 4.69) is 15.0 Å². The normalized spacial score (nSPS) is 11.2. The molecule has 0 spiro atoms. The van der Waals surface area contributed by atoms with Crippen LogP contribution in [0.5, 0.6) is 5.75 Å². The molecule has 1 N–H and O–H groups in total. The van der Waals surface area contributed by atoms with Crippen molar-refractivity contribution in [2.75, 3.05) is 0 Å². The topological polar surface area (TPSA) is 75.5 Å². The van der Waals surface area contributed by atoms with Gasteiger partial charge >= 0.3 is 0 Å². The summed E-state index contributed by atoms with van der Waals surface area (Å²) in [5.41, 5.74) is 1.64. The van der Waals surface area contributed by atoms with Crippen molar-refractivity contribution in [1.29, 1.82) is 0 Å². The molecule has 7 heteroatoms. The van der Waals surface area contributed by atoms with Gasteiger partial charge in [0.05, 0.1) is 19.4 Å². The predicted molar refractivity (Wildman–Crippen MR) is 105 cm³/mol. The quantitative estimate of drug-likeness (QED) is 0.480. The van der Waals surface area contributed by atoms with Gasteiger partial charge in [0.1, 0.15) is 11.5 Å². The number of phenolic OH excluding ortho intramolecular Hbond substituents is 1. The maximum absolute atomic E-state index is 10.1. The fourth-order valence-electron chi connectivity index (χ4n) is 2.90. The van der Waals surface area contributed by atoms with Crippen molar-refractivity contribution in [3.63, 3.8) is 0 Å². The van der Waals surface area contributed by atoms with Crippen LogP contribution < -0.4 is 0 Å². The lowest BCUT2D eigenvalue weighted by atomic mass is 10.2. The standard InChI is InChI=1S/C21H18ClN3O3/c22-17-9-7-15(8-10-17)21-23-20(28-24-21)14-25(13-18-5-3-11-27-18)12-16-4-1-2-6-19(16)26/h1-11,26H,12-14H2. The van der Waals surface area contributed by atoms with Crippen molar-refractivity contribution in [2.45, 2.75) is 19.6 Å². The van der Waals surface area contributed by atoms with Gasteiger partial charge in [-0.05, 0) is 42.5 Å². The molecule has 142 valence electrons. The Bertz CT molecular complexity index is 1030. The van der Waals surface area contributed by atoms with E-state index in [-0.39, 0.29) is 5.75 Å². The molecule has 0 unspecified atom stereocenters.